The second kappa shape index (κ2) is 11.3. The number of halogens is 1. The van der Waals surface area contributed by atoms with E-state index in [1.807, 2.05) is 43.4 Å². The quantitative estimate of drug-likeness (QED) is 0.384. The third kappa shape index (κ3) is 6.49. The molecule has 1 aromatic carbocycles. The Bertz CT molecular complexity index is 699. The zero-order chi connectivity index (χ0) is 18.2. The van der Waals surface area contributed by atoms with E-state index < -0.39 is 0 Å². The maximum atomic E-state index is 5.45. The Morgan fingerprint density at radius 2 is 2.00 bits per heavy atom. The summed E-state index contributed by atoms with van der Waals surface area (Å²) in [5.41, 5.74) is 1.90. The lowest BCUT2D eigenvalue weighted by molar-refractivity contribution is 0.0625. The predicted molar refractivity (Wildman–Crippen MR) is 118 cm³/mol. The molecule has 2 heterocycles. The predicted octanol–water partition coefficient (Wildman–Crippen LogP) is 3.78. The van der Waals surface area contributed by atoms with Gasteiger partial charge in [-0.05, 0) is 25.2 Å². The van der Waals surface area contributed by atoms with Crippen LogP contribution in [0.1, 0.15) is 25.0 Å². The molecule has 1 aliphatic rings. The van der Waals surface area contributed by atoms with Crippen LogP contribution in [0.5, 0.6) is 0 Å². The fourth-order valence-corrected chi connectivity index (χ4v) is 3.21. The second-order valence-corrected chi connectivity index (χ2v) is 6.72. The number of rotatable bonds is 6. The summed E-state index contributed by atoms with van der Waals surface area (Å²) in [7, 11) is 3.89. The summed E-state index contributed by atoms with van der Waals surface area (Å²) in [4.78, 5) is 6.55. The number of aliphatic imine (C=N–C) groups is 1. The van der Waals surface area contributed by atoms with E-state index in [9.17, 15) is 0 Å². The van der Waals surface area contributed by atoms with Crippen LogP contribution in [0.2, 0.25) is 0 Å². The minimum Gasteiger partial charge on any atom is -0.381 e. The van der Waals surface area contributed by atoms with Gasteiger partial charge in [-0.25, -0.2) is 0 Å². The highest BCUT2D eigenvalue weighted by Gasteiger charge is 2.15. The van der Waals surface area contributed by atoms with Crippen molar-refractivity contribution in [3.8, 4) is 11.3 Å². The van der Waals surface area contributed by atoms with Crippen molar-refractivity contribution in [2.75, 3.05) is 33.9 Å². The second-order valence-electron chi connectivity index (χ2n) is 6.72. The van der Waals surface area contributed by atoms with E-state index in [1.54, 1.807) is 0 Å². The van der Waals surface area contributed by atoms with Crippen molar-refractivity contribution in [3.63, 3.8) is 0 Å². The Morgan fingerprint density at radius 3 is 2.70 bits per heavy atom. The van der Waals surface area contributed by atoms with E-state index >= 15 is 0 Å². The highest BCUT2D eigenvalue weighted by molar-refractivity contribution is 14.0. The molecule has 0 radical (unpaired) electrons. The third-order valence-corrected chi connectivity index (χ3v) is 4.83. The Morgan fingerprint density at radius 1 is 1.26 bits per heavy atom. The zero-order valence-electron chi connectivity index (χ0n) is 16.1. The van der Waals surface area contributed by atoms with E-state index in [0.29, 0.717) is 6.54 Å². The smallest absolute Gasteiger partial charge is 0.193 e. The van der Waals surface area contributed by atoms with Gasteiger partial charge in [0.25, 0.3) is 0 Å². The Balaban J connectivity index is 0.00000261. The van der Waals surface area contributed by atoms with Gasteiger partial charge in [0.2, 0.25) is 0 Å². The summed E-state index contributed by atoms with van der Waals surface area (Å²) in [6, 6.07) is 12.0. The molecule has 2 aromatic rings. The SMILES string of the molecule is CN=C(NCc1cc(-c2ccccc2)on1)N(C)CCC1CCOCC1.I. The first-order chi connectivity index (χ1) is 12.8. The first-order valence-corrected chi connectivity index (χ1v) is 9.27. The van der Waals surface area contributed by atoms with Crippen molar-refractivity contribution in [1.29, 1.82) is 0 Å². The van der Waals surface area contributed by atoms with Crippen LogP contribution in [0.15, 0.2) is 45.9 Å². The molecular weight excluding hydrogens is 455 g/mol. The molecule has 0 bridgehead atoms. The average molecular weight is 484 g/mol. The van der Waals surface area contributed by atoms with E-state index in [4.69, 9.17) is 9.26 Å². The van der Waals surface area contributed by atoms with Gasteiger partial charge < -0.3 is 19.5 Å². The Hall–Kier alpha value is -1.61. The molecule has 1 aromatic heterocycles. The highest BCUT2D eigenvalue weighted by atomic mass is 127. The lowest BCUT2D eigenvalue weighted by Crippen LogP contribution is -2.39. The maximum Gasteiger partial charge on any atom is 0.193 e. The third-order valence-electron chi connectivity index (χ3n) is 4.83. The fourth-order valence-electron chi connectivity index (χ4n) is 3.21. The number of hydrogen-bond acceptors (Lipinski definition) is 4. The van der Waals surface area contributed by atoms with Crippen molar-refractivity contribution < 1.29 is 9.26 Å². The fraction of sp³-hybridized carbons (Fsp3) is 0.500. The molecule has 1 aliphatic heterocycles. The van der Waals surface area contributed by atoms with E-state index in [0.717, 1.165) is 48.7 Å². The van der Waals surface area contributed by atoms with Crippen LogP contribution in [-0.4, -0.2) is 49.9 Å². The van der Waals surface area contributed by atoms with Gasteiger partial charge in [-0.3, -0.25) is 4.99 Å². The Labute approximate surface area is 178 Å². The monoisotopic (exact) mass is 484 g/mol. The molecule has 1 N–H and O–H groups in total. The van der Waals surface area contributed by atoms with Crippen molar-refractivity contribution in [3.05, 3.63) is 42.1 Å². The molecule has 148 valence electrons. The molecule has 0 spiro atoms. The number of nitrogens with zero attached hydrogens (tertiary/aromatic N) is 3. The average Bonchev–Trinajstić information content (AvgIpc) is 3.17. The van der Waals surface area contributed by atoms with Gasteiger partial charge in [0.15, 0.2) is 11.7 Å². The summed E-state index contributed by atoms with van der Waals surface area (Å²) in [6.07, 6.45) is 3.50. The summed E-state index contributed by atoms with van der Waals surface area (Å²) >= 11 is 0. The number of ether oxygens (including phenoxy) is 1. The number of aromatic nitrogens is 1. The van der Waals surface area contributed by atoms with Crippen molar-refractivity contribution in [2.45, 2.75) is 25.8 Å². The van der Waals surface area contributed by atoms with Crippen LogP contribution in [-0.2, 0) is 11.3 Å². The molecule has 3 rings (SSSR count). The highest BCUT2D eigenvalue weighted by Crippen LogP contribution is 2.20. The van der Waals surface area contributed by atoms with Crippen molar-refractivity contribution in [1.82, 2.24) is 15.4 Å². The van der Waals surface area contributed by atoms with Crippen molar-refractivity contribution >= 4 is 29.9 Å². The lowest BCUT2D eigenvalue weighted by Gasteiger charge is -2.26. The van der Waals surface area contributed by atoms with Crippen LogP contribution >= 0.6 is 24.0 Å². The number of benzene rings is 1. The van der Waals surface area contributed by atoms with Gasteiger partial charge in [-0.15, -0.1) is 24.0 Å². The molecule has 27 heavy (non-hydrogen) atoms. The molecule has 7 heteroatoms. The van der Waals surface area contributed by atoms with Crippen LogP contribution in [0.25, 0.3) is 11.3 Å². The van der Waals surface area contributed by atoms with Gasteiger partial charge >= 0.3 is 0 Å². The summed E-state index contributed by atoms with van der Waals surface area (Å²) < 4.78 is 10.9. The molecule has 0 unspecified atom stereocenters. The van der Waals surface area contributed by atoms with Crippen LogP contribution in [0, 0.1) is 5.92 Å². The zero-order valence-corrected chi connectivity index (χ0v) is 18.4. The molecule has 6 nitrogen and oxygen atoms in total. The molecule has 1 fully saturated rings. The molecule has 1 saturated heterocycles. The molecule has 0 aliphatic carbocycles. The standard InChI is InChI=1S/C20H28N4O2.HI/c1-21-20(24(2)11-8-16-9-12-25-13-10-16)22-15-18-14-19(26-23-18)17-6-4-3-5-7-17;/h3-7,14,16H,8-13,15H2,1-2H3,(H,21,22);1H. The number of hydrogen-bond donors (Lipinski definition) is 1. The maximum absolute atomic E-state index is 5.45. The minimum atomic E-state index is 0. The number of guanidine groups is 1. The van der Waals surface area contributed by atoms with Crippen LogP contribution in [0.3, 0.4) is 0 Å². The van der Waals surface area contributed by atoms with E-state index in [1.165, 1.54) is 19.3 Å². The summed E-state index contributed by atoms with van der Waals surface area (Å²) in [6.45, 7) is 3.37. The first kappa shape index (κ1) is 21.7. The van der Waals surface area contributed by atoms with Gasteiger partial charge in [-0.1, -0.05) is 35.5 Å². The minimum absolute atomic E-state index is 0. The summed E-state index contributed by atoms with van der Waals surface area (Å²) in [5.74, 6) is 2.42. The van der Waals surface area contributed by atoms with Gasteiger partial charge in [0.05, 0.1) is 6.54 Å². The van der Waals surface area contributed by atoms with Crippen molar-refractivity contribution in [2.24, 2.45) is 10.9 Å². The molecular formula is C20H29IN4O2. The lowest BCUT2D eigenvalue weighted by atomic mass is 9.96. The first-order valence-electron chi connectivity index (χ1n) is 9.27. The summed E-state index contributed by atoms with van der Waals surface area (Å²) in [5, 5.41) is 7.52. The molecule has 0 atom stereocenters. The van der Waals surface area contributed by atoms with E-state index in [2.05, 4.69) is 27.4 Å². The van der Waals surface area contributed by atoms with Gasteiger partial charge in [0, 0.05) is 45.5 Å². The topological polar surface area (TPSA) is 62.9 Å². The van der Waals surface area contributed by atoms with Gasteiger partial charge in [0.1, 0.15) is 5.69 Å². The molecule has 0 saturated carbocycles. The normalized spacial score (nSPS) is 15.3. The van der Waals surface area contributed by atoms with Crippen LogP contribution in [0.4, 0.5) is 0 Å². The van der Waals surface area contributed by atoms with Gasteiger partial charge in [-0.2, -0.15) is 0 Å². The number of nitrogens with one attached hydrogen (secondary N) is 1. The van der Waals surface area contributed by atoms with E-state index in [-0.39, 0.29) is 24.0 Å². The Kier molecular flexibility index (Phi) is 9.06. The largest absolute Gasteiger partial charge is 0.381 e. The van der Waals surface area contributed by atoms with Crippen LogP contribution < -0.4 is 5.32 Å². The molecule has 0 amide bonds.